The van der Waals surface area contributed by atoms with Crippen LogP contribution in [0.5, 0.6) is 5.75 Å². The number of benzene rings is 2. The molecule has 1 fully saturated rings. The fourth-order valence-corrected chi connectivity index (χ4v) is 3.16. The highest BCUT2D eigenvalue weighted by Crippen LogP contribution is 2.42. The Morgan fingerprint density at radius 1 is 1.05 bits per heavy atom. The van der Waals surface area contributed by atoms with Crippen molar-refractivity contribution in [2.45, 2.75) is 11.1 Å². The Morgan fingerprint density at radius 3 is 2.30 bits per heavy atom. The van der Waals surface area contributed by atoms with Gasteiger partial charge in [0.05, 0.1) is 12.0 Å². The lowest BCUT2D eigenvalue weighted by Gasteiger charge is -2.04. The molecule has 3 rings (SSSR count). The third-order valence-corrected chi connectivity index (χ3v) is 4.65. The Labute approximate surface area is 117 Å². The average Bonchev–Trinajstić information content (AvgIpc) is 3.29. The van der Waals surface area contributed by atoms with E-state index >= 15 is 0 Å². The number of methoxy groups -OCH3 is 1. The Bertz CT molecular complexity index is 698. The van der Waals surface area contributed by atoms with E-state index in [4.69, 9.17) is 9.57 Å². The lowest BCUT2D eigenvalue weighted by Crippen LogP contribution is -2.12. The molecule has 0 spiro atoms. The van der Waals surface area contributed by atoms with Gasteiger partial charge in [0, 0.05) is 5.56 Å². The van der Waals surface area contributed by atoms with Crippen molar-refractivity contribution in [3.8, 4) is 5.75 Å². The zero-order valence-corrected chi connectivity index (χ0v) is 11.6. The maximum Gasteiger partial charge on any atom is 0.267 e. The highest BCUT2D eigenvalue weighted by molar-refractivity contribution is 7.89. The van der Waals surface area contributed by atoms with E-state index in [0.717, 1.165) is 10.0 Å². The highest BCUT2D eigenvalue weighted by atomic mass is 32.2. The van der Waals surface area contributed by atoms with Gasteiger partial charge < -0.3 is 4.74 Å². The second-order valence-electron chi connectivity index (χ2n) is 4.30. The second kappa shape index (κ2) is 4.90. The van der Waals surface area contributed by atoms with Gasteiger partial charge in [0.15, 0.2) is 6.23 Å². The van der Waals surface area contributed by atoms with Crippen LogP contribution < -0.4 is 4.74 Å². The predicted molar refractivity (Wildman–Crippen MR) is 72.3 cm³/mol. The molecule has 2 atom stereocenters. The van der Waals surface area contributed by atoms with E-state index in [1.165, 1.54) is 19.2 Å². The van der Waals surface area contributed by atoms with E-state index in [-0.39, 0.29) is 4.90 Å². The Balaban J connectivity index is 1.83. The predicted octanol–water partition coefficient (Wildman–Crippen LogP) is 2.33. The average molecular weight is 291 g/mol. The first kappa shape index (κ1) is 13.1. The van der Waals surface area contributed by atoms with Crippen LogP contribution in [0.4, 0.5) is 0 Å². The van der Waals surface area contributed by atoms with Crippen LogP contribution in [-0.4, -0.2) is 20.0 Å². The molecule has 2 aromatic carbocycles. The zero-order valence-electron chi connectivity index (χ0n) is 10.8. The molecule has 1 aliphatic heterocycles. The fraction of sp³-hybridized carbons (Fsp3) is 0.143. The highest BCUT2D eigenvalue weighted by Gasteiger charge is 2.48. The van der Waals surface area contributed by atoms with Crippen molar-refractivity contribution in [3.63, 3.8) is 0 Å². The number of ether oxygens (including phenoxy) is 1. The minimum atomic E-state index is -3.63. The van der Waals surface area contributed by atoms with Crippen LogP contribution in [0.2, 0.25) is 0 Å². The third-order valence-electron chi connectivity index (χ3n) is 3.03. The van der Waals surface area contributed by atoms with E-state index in [2.05, 4.69) is 0 Å². The van der Waals surface area contributed by atoms with Crippen LogP contribution in [0.1, 0.15) is 11.8 Å². The molecular weight excluding hydrogens is 278 g/mol. The van der Waals surface area contributed by atoms with Gasteiger partial charge in [-0.1, -0.05) is 30.3 Å². The van der Waals surface area contributed by atoms with Crippen molar-refractivity contribution in [3.05, 3.63) is 60.2 Å². The number of rotatable bonds is 4. The molecule has 5 nitrogen and oxygen atoms in total. The van der Waals surface area contributed by atoms with E-state index in [1.807, 2.05) is 30.3 Å². The molecule has 104 valence electrons. The molecule has 0 N–H and O–H groups in total. The molecule has 1 unspecified atom stereocenters. The Morgan fingerprint density at radius 2 is 1.70 bits per heavy atom. The molecule has 0 radical (unpaired) electrons. The third kappa shape index (κ3) is 2.29. The molecule has 1 heterocycles. The normalized spacial score (nSPS) is 21.4. The van der Waals surface area contributed by atoms with Crippen molar-refractivity contribution < 1.29 is 18.0 Å². The molecule has 6 heteroatoms. The topological polar surface area (TPSA) is 58.9 Å². The van der Waals surface area contributed by atoms with Gasteiger partial charge in [-0.2, -0.15) is 0 Å². The number of hydrogen-bond acceptors (Lipinski definition) is 4. The molecular formula is C14H13NO4S. The van der Waals surface area contributed by atoms with Crippen molar-refractivity contribution >= 4 is 10.0 Å². The number of hydroxylamine groups is 1. The van der Waals surface area contributed by atoms with Crippen LogP contribution in [0.15, 0.2) is 59.5 Å². The van der Waals surface area contributed by atoms with E-state index in [1.54, 1.807) is 12.1 Å². The summed E-state index contributed by atoms with van der Waals surface area (Å²) in [7, 11) is -2.10. The quantitative estimate of drug-likeness (QED) is 0.811. The molecule has 2 aromatic rings. The van der Waals surface area contributed by atoms with Gasteiger partial charge in [-0.25, -0.2) is 8.42 Å². The fourth-order valence-electron chi connectivity index (χ4n) is 1.91. The van der Waals surface area contributed by atoms with Crippen molar-refractivity contribution in [2.24, 2.45) is 0 Å². The second-order valence-corrected chi connectivity index (χ2v) is 6.09. The summed E-state index contributed by atoms with van der Waals surface area (Å²) in [6.45, 7) is 0. The van der Waals surface area contributed by atoms with Crippen molar-refractivity contribution in [1.29, 1.82) is 0 Å². The lowest BCUT2D eigenvalue weighted by molar-refractivity contribution is 0.283. The summed E-state index contributed by atoms with van der Waals surface area (Å²) < 4.78 is 30.7. The van der Waals surface area contributed by atoms with Crippen LogP contribution in [0.3, 0.4) is 0 Å². The maximum atomic E-state index is 12.3. The molecule has 1 aliphatic rings. The molecule has 0 aliphatic carbocycles. The van der Waals surface area contributed by atoms with Crippen molar-refractivity contribution in [2.75, 3.05) is 7.11 Å². The standard InChI is InChI=1S/C14H13NO4S/c1-18-12-7-9-13(10-8-12)20(16,17)15-14(19-15)11-5-3-2-4-6-11/h2-10,14H,1H3/t14-,15?/m1/s1. The number of nitrogens with zero attached hydrogens (tertiary/aromatic N) is 1. The van der Waals surface area contributed by atoms with Crippen LogP contribution >= 0.6 is 0 Å². The van der Waals surface area contributed by atoms with Crippen LogP contribution in [0.25, 0.3) is 0 Å². The number of hydrogen-bond donors (Lipinski definition) is 0. The monoisotopic (exact) mass is 291 g/mol. The minimum Gasteiger partial charge on any atom is -0.497 e. The SMILES string of the molecule is COc1ccc(S(=O)(=O)N2O[C@@H]2c2ccccc2)cc1. The van der Waals surface area contributed by atoms with Gasteiger partial charge in [-0.15, -0.1) is 0 Å². The van der Waals surface area contributed by atoms with Gasteiger partial charge in [-0.05, 0) is 28.7 Å². The molecule has 0 amide bonds. The van der Waals surface area contributed by atoms with E-state index in [0.29, 0.717) is 5.75 Å². The molecule has 1 saturated heterocycles. The molecule has 0 aromatic heterocycles. The van der Waals surface area contributed by atoms with E-state index < -0.39 is 16.3 Å². The Kier molecular flexibility index (Phi) is 3.21. The summed E-state index contributed by atoms with van der Waals surface area (Å²) in [5.74, 6) is 0.607. The molecule has 20 heavy (non-hydrogen) atoms. The molecule has 0 saturated carbocycles. The van der Waals surface area contributed by atoms with Gasteiger partial charge in [-0.3, -0.25) is 4.84 Å². The van der Waals surface area contributed by atoms with Gasteiger partial charge in [0.2, 0.25) is 0 Å². The van der Waals surface area contributed by atoms with Crippen molar-refractivity contribution in [1.82, 2.24) is 4.47 Å². The summed E-state index contributed by atoms with van der Waals surface area (Å²) in [6, 6.07) is 15.4. The summed E-state index contributed by atoms with van der Waals surface area (Å²) in [5.41, 5.74) is 0.810. The van der Waals surface area contributed by atoms with Gasteiger partial charge in [0.25, 0.3) is 10.0 Å². The lowest BCUT2D eigenvalue weighted by atomic mass is 10.2. The first-order chi connectivity index (χ1) is 9.63. The summed E-state index contributed by atoms with van der Waals surface area (Å²) in [5, 5.41) is 0. The summed E-state index contributed by atoms with van der Waals surface area (Å²) >= 11 is 0. The minimum absolute atomic E-state index is 0.178. The zero-order chi connectivity index (χ0) is 14.2. The Hall–Kier alpha value is -1.89. The van der Waals surface area contributed by atoms with Crippen LogP contribution in [-0.2, 0) is 14.9 Å². The first-order valence-corrected chi connectivity index (χ1v) is 7.47. The molecule has 0 bridgehead atoms. The van der Waals surface area contributed by atoms with Crippen LogP contribution in [0, 0.1) is 0 Å². The maximum absolute atomic E-state index is 12.3. The first-order valence-electron chi connectivity index (χ1n) is 6.03. The summed E-state index contributed by atoms with van der Waals surface area (Å²) in [6.07, 6.45) is -0.539. The van der Waals surface area contributed by atoms with Gasteiger partial charge in [0.1, 0.15) is 5.75 Å². The van der Waals surface area contributed by atoms with E-state index in [9.17, 15) is 8.42 Å². The number of sulfonamides is 1. The smallest absolute Gasteiger partial charge is 0.267 e. The largest absolute Gasteiger partial charge is 0.497 e. The summed E-state index contributed by atoms with van der Waals surface area (Å²) in [4.78, 5) is 5.37. The van der Waals surface area contributed by atoms with Gasteiger partial charge >= 0.3 is 0 Å².